The van der Waals surface area contributed by atoms with Gasteiger partial charge in [-0.3, -0.25) is 10.4 Å². The van der Waals surface area contributed by atoms with Crippen LogP contribution in [-0.2, 0) is 4.74 Å². The molecular formula is C21H26N4O2S. The molecule has 0 unspecified atom stereocenters. The SMILES string of the molecule is COc1ccc(-n2c(C)cc(C3=NNC(=NC[C@H]4CCCO4)SC3)c2C)cc1. The average molecular weight is 399 g/mol. The van der Waals surface area contributed by atoms with Crippen molar-refractivity contribution in [2.45, 2.75) is 32.8 Å². The van der Waals surface area contributed by atoms with Gasteiger partial charge in [-0.2, -0.15) is 5.10 Å². The number of benzene rings is 1. The van der Waals surface area contributed by atoms with Crippen LogP contribution in [-0.4, -0.2) is 47.6 Å². The van der Waals surface area contributed by atoms with Gasteiger partial charge < -0.3 is 14.0 Å². The van der Waals surface area contributed by atoms with Crippen molar-refractivity contribution >= 4 is 22.6 Å². The van der Waals surface area contributed by atoms with E-state index in [-0.39, 0.29) is 6.10 Å². The van der Waals surface area contributed by atoms with Crippen molar-refractivity contribution < 1.29 is 9.47 Å². The van der Waals surface area contributed by atoms with Crippen molar-refractivity contribution in [1.82, 2.24) is 9.99 Å². The Hall–Kier alpha value is -2.25. The first-order chi connectivity index (χ1) is 13.7. The smallest absolute Gasteiger partial charge is 0.177 e. The fourth-order valence-corrected chi connectivity index (χ4v) is 4.46. The Bertz CT molecular complexity index is 896. The second-order valence-corrected chi connectivity index (χ2v) is 8.02. The van der Waals surface area contributed by atoms with Gasteiger partial charge in [-0.05, 0) is 57.0 Å². The van der Waals surface area contributed by atoms with E-state index in [1.54, 1.807) is 18.9 Å². The summed E-state index contributed by atoms with van der Waals surface area (Å²) in [4.78, 5) is 4.62. The van der Waals surface area contributed by atoms with Crippen molar-refractivity contribution in [3.05, 3.63) is 47.3 Å². The highest BCUT2D eigenvalue weighted by Gasteiger charge is 2.20. The summed E-state index contributed by atoms with van der Waals surface area (Å²) in [5.41, 5.74) is 8.84. The molecule has 0 amide bonds. The number of nitrogens with zero attached hydrogens (tertiary/aromatic N) is 3. The lowest BCUT2D eigenvalue weighted by molar-refractivity contribution is 0.118. The molecule has 2 aliphatic heterocycles. The first-order valence-corrected chi connectivity index (χ1v) is 10.6. The number of aliphatic imine (C=N–C) groups is 1. The lowest BCUT2D eigenvalue weighted by atomic mass is 10.1. The van der Waals surface area contributed by atoms with E-state index < -0.39 is 0 Å². The predicted molar refractivity (Wildman–Crippen MR) is 115 cm³/mol. The minimum Gasteiger partial charge on any atom is -0.497 e. The van der Waals surface area contributed by atoms with Gasteiger partial charge in [0.05, 0.1) is 25.5 Å². The standard InChI is InChI=1S/C21H26N4O2S/c1-14-11-19(15(2)25(14)16-6-8-17(26-3)9-7-16)20-13-28-21(24-23-20)22-12-18-5-4-10-27-18/h6-9,11,18H,4-5,10,12-13H2,1-3H3,(H,22,24)/t18-/m1/s1. The number of methoxy groups -OCH3 is 1. The molecule has 0 saturated carbocycles. The molecule has 1 atom stereocenters. The van der Waals surface area contributed by atoms with E-state index in [1.165, 1.54) is 17.0 Å². The summed E-state index contributed by atoms with van der Waals surface area (Å²) in [7, 11) is 1.68. The van der Waals surface area contributed by atoms with Crippen LogP contribution < -0.4 is 10.2 Å². The van der Waals surface area contributed by atoms with Crippen LogP contribution in [0.2, 0.25) is 0 Å². The van der Waals surface area contributed by atoms with Crippen LogP contribution in [0.4, 0.5) is 0 Å². The average Bonchev–Trinajstić information content (AvgIpc) is 3.35. The maximum Gasteiger partial charge on any atom is 0.177 e. The van der Waals surface area contributed by atoms with E-state index >= 15 is 0 Å². The van der Waals surface area contributed by atoms with Crippen LogP contribution in [0.3, 0.4) is 0 Å². The normalized spacial score (nSPS) is 20.9. The third-order valence-electron chi connectivity index (χ3n) is 5.17. The molecule has 0 spiro atoms. The van der Waals surface area contributed by atoms with Gasteiger partial charge in [0.15, 0.2) is 5.17 Å². The Morgan fingerprint density at radius 2 is 2.14 bits per heavy atom. The Morgan fingerprint density at radius 3 is 2.79 bits per heavy atom. The molecule has 3 heterocycles. The highest BCUT2D eigenvalue weighted by atomic mass is 32.2. The van der Waals surface area contributed by atoms with Gasteiger partial charge in [0.25, 0.3) is 0 Å². The number of thioether (sulfide) groups is 1. The number of hydrogen-bond donors (Lipinski definition) is 1. The second-order valence-electron chi connectivity index (χ2n) is 7.06. The number of hydrazone groups is 1. The van der Waals surface area contributed by atoms with E-state index in [4.69, 9.17) is 9.47 Å². The van der Waals surface area contributed by atoms with Crippen LogP contribution in [0, 0.1) is 13.8 Å². The highest BCUT2D eigenvalue weighted by Crippen LogP contribution is 2.25. The molecule has 0 aliphatic carbocycles. The summed E-state index contributed by atoms with van der Waals surface area (Å²) in [6, 6.07) is 10.3. The molecule has 148 valence electrons. The van der Waals surface area contributed by atoms with Gasteiger partial charge in [0, 0.05) is 35.0 Å². The third-order valence-corrected chi connectivity index (χ3v) is 6.08. The number of nitrogens with one attached hydrogen (secondary N) is 1. The summed E-state index contributed by atoms with van der Waals surface area (Å²) >= 11 is 1.70. The number of aromatic nitrogens is 1. The fourth-order valence-electron chi connectivity index (χ4n) is 3.69. The molecule has 1 N–H and O–H groups in total. The zero-order valence-corrected chi connectivity index (χ0v) is 17.4. The van der Waals surface area contributed by atoms with E-state index in [1.807, 2.05) is 12.1 Å². The molecule has 28 heavy (non-hydrogen) atoms. The molecule has 1 aromatic carbocycles. The van der Waals surface area contributed by atoms with Crippen LogP contribution >= 0.6 is 11.8 Å². The number of ether oxygens (including phenoxy) is 2. The molecule has 4 rings (SSSR count). The van der Waals surface area contributed by atoms with Crippen LogP contribution in [0.25, 0.3) is 5.69 Å². The summed E-state index contributed by atoms with van der Waals surface area (Å²) in [5, 5.41) is 5.48. The minimum atomic E-state index is 0.267. The molecule has 7 heteroatoms. The Balaban J connectivity index is 1.51. The van der Waals surface area contributed by atoms with Crippen LogP contribution in [0.15, 0.2) is 40.4 Å². The minimum absolute atomic E-state index is 0.267. The van der Waals surface area contributed by atoms with Gasteiger partial charge in [-0.25, -0.2) is 0 Å². The quantitative estimate of drug-likeness (QED) is 0.835. The molecule has 1 fully saturated rings. The van der Waals surface area contributed by atoms with Crippen molar-refractivity contribution in [3.8, 4) is 11.4 Å². The summed E-state index contributed by atoms with van der Waals surface area (Å²) < 4.78 is 13.2. The molecule has 6 nitrogen and oxygen atoms in total. The molecular weight excluding hydrogens is 372 g/mol. The summed E-state index contributed by atoms with van der Waals surface area (Å²) in [6.45, 7) is 5.84. The molecule has 1 aromatic heterocycles. The van der Waals surface area contributed by atoms with Gasteiger partial charge in [-0.1, -0.05) is 11.8 Å². The van der Waals surface area contributed by atoms with Crippen molar-refractivity contribution in [3.63, 3.8) is 0 Å². The Morgan fingerprint density at radius 1 is 1.32 bits per heavy atom. The zero-order valence-electron chi connectivity index (χ0n) is 16.6. The monoisotopic (exact) mass is 398 g/mol. The van der Waals surface area contributed by atoms with Gasteiger partial charge in [0.2, 0.25) is 0 Å². The van der Waals surface area contributed by atoms with E-state index in [9.17, 15) is 0 Å². The third kappa shape index (κ3) is 3.95. The van der Waals surface area contributed by atoms with Crippen LogP contribution in [0.5, 0.6) is 5.75 Å². The molecule has 2 aliphatic rings. The van der Waals surface area contributed by atoms with Gasteiger partial charge in [-0.15, -0.1) is 0 Å². The maximum absolute atomic E-state index is 5.63. The van der Waals surface area contributed by atoms with E-state index in [0.29, 0.717) is 6.54 Å². The van der Waals surface area contributed by atoms with Crippen LogP contribution in [0.1, 0.15) is 29.8 Å². The summed E-state index contributed by atoms with van der Waals surface area (Å²) in [5.74, 6) is 1.67. The molecule has 2 aromatic rings. The largest absolute Gasteiger partial charge is 0.497 e. The van der Waals surface area contributed by atoms with Crippen molar-refractivity contribution in [2.75, 3.05) is 26.0 Å². The number of amidine groups is 1. The first-order valence-electron chi connectivity index (χ1n) is 9.61. The number of hydrogen-bond acceptors (Lipinski definition) is 5. The van der Waals surface area contributed by atoms with E-state index in [2.05, 4.69) is 52.1 Å². The predicted octanol–water partition coefficient (Wildman–Crippen LogP) is 3.68. The lowest BCUT2D eigenvalue weighted by Gasteiger charge is -2.16. The van der Waals surface area contributed by atoms with Crippen molar-refractivity contribution in [1.29, 1.82) is 0 Å². The number of aryl methyl sites for hydroxylation is 1. The molecule has 0 radical (unpaired) electrons. The van der Waals surface area contributed by atoms with Gasteiger partial charge in [0.1, 0.15) is 5.75 Å². The van der Waals surface area contributed by atoms with Gasteiger partial charge >= 0.3 is 0 Å². The zero-order chi connectivity index (χ0) is 19.5. The number of rotatable bonds is 5. The summed E-state index contributed by atoms with van der Waals surface area (Å²) in [6.07, 6.45) is 2.51. The molecule has 1 saturated heterocycles. The maximum atomic E-state index is 5.63. The Labute approximate surface area is 170 Å². The fraction of sp³-hybridized carbons (Fsp3) is 0.429. The van der Waals surface area contributed by atoms with Crippen molar-refractivity contribution in [2.24, 2.45) is 10.1 Å². The highest BCUT2D eigenvalue weighted by molar-refractivity contribution is 8.14. The second kappa shape index (κ2) is 8.41. The lowest BCUT2D eigenvalue weighted by Crippen LogP contribution is -2.26. The van der Waals surface area contributed by atoms with E-state index in [0.717, 1.165) is 47.5 Å². The Kier molecular flexibility index (Phi) is 5.73. The topological polar surface area (TPSA) is 60.1 Å². The molecule has 0 bridgehead atoms. The first kappa shape index (κ1) is 19.1.